The van der Waals surface area contributed by atoms with Gasteiger partial charge in [0.1, 0.15) is 0 Å². The molecular weight excluding hydrogens is 238 g/mol. The third-order valence-corrected chi connectivity index (χ3v) is 2.34. The predicted molar refractivity (Wildman–Crippen MR) is 64.7 cm³/mol. The van der Waals surface area contributed by atoms with Crippen LogP contribution in [0.1, 0.15) is 10.5 Å². The second-order valence-electron chi connectivity index (χ2n) is 3.56. The van der Waals surface area contributed by atoms with Gasteiger partial charge >= 0.3 is 5.97 Å². The number of nitrogens with two attached hydrogens (primary N) is 1. The van der Waals surface area contributed by atoms with E-state index in [1.807, 2.05) is 0 Å². The highest BCUT2D eigenvalue weighted by Gasteiger charge is 2.14. The first kappa shape index (κ1) is 12.1. The Hall–Kier alpha value is -2.35. The Labute approximate surface area is 102 Å². The summed E-state index contributed by atoms with van der Waals surface area (Å²) in [7, 11) is 1.60. The van der Waals surface area contributed by atoms with Crippen molar-refractivity contribution in [1.29, 1.82) is 0 Å². The van der Waals surface area contributed by atoms with Crippen molar-refractivity contribution in [3.05, 3.63) is 17.8 Å². The van der Waals surface area contributed by atoms with Crippen LogP contribution in [0, 0.1) is 0 Å². The Bertz CT molecular complexity index is 580. The first-order valence-electron chi connectivity index (χ1n) is 5.25. The minimum absolute atomic E-state index is 0.00601. The molecule has 0 fully saturated rings. The first-order chi connectivity index (χ1) is 8.63. The number of aromatic nitrogens is 3. The Kier molecular flexibility index (Phi) is 3.28. The van der Waals surface area contributed by atoms with Crippen molar-refractivity contribution in [1.82, 2.24) is 14.6 Å². The number of fused-ring (bicyclic) bond motifs is 1. The summed E-state index contributed by atoms with van der Waals surface area (Å²) in [6, 6.07) is 3.07. The molecule has 2 rings (SSSR count). The summed E-state index contributed by atoms with van der Waals surface area (Å²) in [5.74, 6) is -1.06. The molecule has 8 heteroatoms. The maximum absolute atomic E-state index is 11.0. The number of nitrogens with zero attached hydrogens (tertiary/aromatic N) is 3. The Morgan fingerprint density at radius 3 is 3.06 bits per heavy atom. The van der Waals surface area contributed by atoms with Crippen LogP contribution in [0.4, 0.5) is 11.6 Å². The van der Waals surface area contributed by atoms with Gasteiger partial charge in [0.2, 0.25) is 5.95 Å². The molecule has 0 bridgehead atoms. The highest BCUT2D eigenvalue weighted by Crippen LogP contribution is 2.17. The van der Waals surface area contributed by atoms with Gasteiger partial charge in [0.15, 0.2) is 11.3 Å². The van der Waals surface area contributed by atoms with Gasteiger partial charge in [0.05, 0.1) is 12.3 Å². The molecule has 0 unspecified atom stereocenters. The number of rotatable bonds is 5. The van der Waals surface area contributed by atoms with Gasteiger partial charge in [-0.05, 0) is 12.1 Å². The van der Waals surface area contributed by atoms with E-state index in [4.69, 9.17) is 15.6 Å². The van der Waals surface area contributed by atoms with Gasteiger partial charge < -0.3 is 20.9 Å². The molecule has 0 saturated heterocycles. The fraction of sp³-hybridized carbons (Fsp3) is 0.300. The molecular formula is C10H13N5O3. The summed E-state index contributed by atoms with van der Waals surface area (Å²) in [4.78, 5) is 15.0. The largest absolute Gasteiger partial charge is 0.477 e. The van der Waals surface area contributed by atoms with E-state index in [1.165, 1.54) is 10.6 Å². The van der Waals surface area contributed by atoms with Crippen LogP contribution >= 0.6 is 0 Å². The molecule has 0 atom stereocenters. The predicted octanol–water partition coefficient (Wildman–Crippen LogP) is 0.0680. The lowest BCUT2D eigenvalue weighted by Crippen LogP contribution is -2.11. The second-order valence-corrected chi connectivity index (χ2v) is 3.56. The number of carboxylic acid groups (broad SMARTS) is 1. The summed E-state index contributed by atoms with van der Waals surface area (Å²) in [5.41, 5.74) is 6.53. The molecule has 0 radical (unpaired) electrons. The van der Waals surface area contributed by atoms with Gasteiger partial charge in [-0.15, -0.1) is 5.10 Å². The zero-order valence-electron chi connectivity index (χ0n) is 9.75. The number of pyridine rings is 1. The zero-order valence-corrected chi connectivity index (χ0v) is 9.75. The SMILES string of the molecule is COCCNc1ccc(C(=O)O)n2nc(N)nc12. The van der Waals surface area contributed by atoms with E-state index in [9.17, 15) is 4.79 Å². The minimum atomic E-state index is -1.09. The van der Waals surface area contributed by atoms with Crippen LogP contribution in [0.5, 0.6) is 0 Å². The lowest BCUT2D eigenvalue weighted by molar-refractivity contribution is 0.0687. The maximum Gasteiger partial charge on any atom is 0.354 e. The summed E-state index contributed by atoms with van der Waals surface area (Å²) >= 11 is 0. The van der Waals surface area contributed by atoms with Crippen molar-refractivity contribution in [2.24, 2.45) is 0 Å². The molecule has 0 aliphatic rings. The van der Waals surface area contributed by atoms with Crippen LogP contribution in [0.2, 0.25) is 0 Å². The van der Waals surface area contributed by atoms with Crippen molar-refractivity contribution < 1.29 is 14.6 Å². The average molecular weight is 251 g/mol. The molecule has 0 aliphatic heterocycles. The molecule has 18 heavy (non-hydrogen) atoms. The van der Waals surface area contributed by atoms with Crippen LogP contribution in [0.15, 0.2) is 12.1 Å². The molecule has 0 saturated carbocycles. The van der Waals surface area contributed by atoms with E-state index in [1.54, 1.807) is 13.2 Å². The summed E-state index contributed by atoms with van der Waals surface area (Å²) in [6.45, 7) is 1.10. The summed E-state index contributed by atoms with van der Waals surface area (Å²) in [5, 5.41) is 16.0. The van der Waals surface area contributed by atoms with Crippen LogP contribution in [0.3, 0.4) is 0 Å². The smallest absolute Gasteiger partial charge is 0.354 e. The second kappa shape index (κ2) is 4.88. The highest BCUT2D eigenvalue weighted by molar-refractivity contribution is 5.88. The topological polar surface area (TPSA) is 115 Å². The third-order valence-electron chi connectivity index (χ3n) is 2.34. The normalized spacial score (nSPS) is 10.7. The van der Waals surface area contributed by atoms with Crippen molar-refractivity contribution >= 4 is 23.3 Å². The van der Waals surface area contributed by atoms with E-state index in [0.717, 1.165) is 0 Å². The van der Waals surface area contributed by atoms with E-state index < -0.39 is 5.97 Å². The number of carboxylic acids is 1. The van der Waals surface area contributed by atoms with Crippen LogP contribution < -0.4 is 11.1 Å². The molecule has 0 aliphatic carbocycles. The van der Waals surface area contributed by atoms with Crippen LogP contribution in [0.25, 0.3) is 5.65 Å². The van der Waals surface area contributed by atoms with E-state index in [-0.39, 0.29) is 11.6 Å². The molecule has 2 heterocycles. The molecule has 0 aromatic carbocycles. The third kappa shape index (κ3) is 2.18. The van der Waals surface area contributed by atoms with Gasteiger partial charge in [-0.25, -0.2) is 9.31 Å². The van der Waals surface area contributed by atoms with Gasteiger partial charge in [-0.1, -0.05) is 0 Å². The fourth-order valence-corrected chi connectivity index (χ4v) is 1.57. The Balaban J connectivity index is 2.43. The number of ether oxygens (including phenoxy) is 1. The molecule has 4 N–H and O–H groups in total. The number of carbonyl (C=O) groups is 1. The number of methoxy groups -OCH3 is 1. The van der Waals surface area contributed by atoms with Gasteiger partial charge in [0, 0.05) is 13.7 Å². The van der Waals surface area contributed by atoms with E-state index in [0.29, 0.717) is 24.5 Å². The van der Waals surface area contributed by atoms with Crippen molar-refractivity contribution in [2.45, 2.75) is 0 Å². The number of anilines is 2. The number of hydrogen-bond donors (Lipinski definition) is 3. The monoisotopic (exact) mass is 251 g/mol. The quantitative estimate of drug-likeness (QED) is 0.644. The number of nitrogens with one attached hydrogen (secondary N) is 1. The Morgan fingerprint density at radius 2 is 2.39 bits per heavy atom. The summed E-state index contributed by atoms with van der Waals surface area (Å²) < 4.78 is 6.12. The van der Waals surface area contributed by atoms with Crippen molar-refractivity contribution in [2.75, 3.05) is 31.3 Å². The standard InChI is InChI=1S/C10H13N5O3/c1-18-5-4-12-6-2-3-7(9(16)17)15-8(6)13-10(11)14-15/h2-3,12H,4-5H2,1H3,(H2,11,14)(H,16,17). The van der Waals surface area contributed by atoms with Gasteiger partial charge in [-0.3, -0.25) is 0 Å². The summed E-state index contributed by atoms with van der Waals surface area (Å²) in [6.07, 6.45) is 0. The average Bonchev–Trinajstić information content (AvgIpc) is 2.70. The van der Waals surface area contributed by atoms with Crippen LogP contribution in [-0.4, -0.2) is 45.9 Å². The Morgan fingerprint density at radius 1 is 1.61 bits per heavy atom. The molecule has 2 aromatic rings. The highest BCUT2D eigenvalue weighted by atomic mass is 16.5. The van der Waals surface area contributed by atoms with E-state index in [2.05, 4.69) is 15.4 Å². The lowest BCUT2D eigenvalue weighted by Gasteiger charge is -2.07. The van der Waals surface area contributed by atoms with Gasteiger partial charge in [-0.2, -0.15) is 4.98 Å². The molecule has 0 spiro atoms. The number of aromatic carboxylic acids is 1. The van der Waals surface area contributed by atoms with Crippen LogP contribution in [-0.2, 0) is 4.74 Å². The number of hydrogen-bond acceptors (Lipinski definition) is 6. The number of nitrogen functional groups attached to an aromatic ring is 1. The molecule has 96 valence electrons. The fourth-order valence-electron chi connectivity index (χ4n) is 1.57. The maximum atomic E-state index is 11.0. The van der Waals surface area contributed by atoms with E-state index >= 15 is 0 Å². The molecule has 8 nitrogen and oxygen atoms in total. The molecule has 2 aromatic heterocycles. The molecule has 0 amide bonds. The zero-order chi connectivity index (χ0) is 13.1. The lowest BCUT2D eigenvalue weighted by atomic mass is 10.3. The van der Waals surface area contributed by atoms with Crippen molar-refractivity contribution in [3.8, 4) is 0 Å². The van der Waals surface area contributed by atoms with Gasteiger partial charge in [0.25, 0.3) is 0 Å². The van der Waals surface area contributed by atoms with Crippen molar-refractivity contribution in [3.63, 3.8) is 0 Å². The minimum Gasteiger partial charge on any atom is -0.477 e. The first-order valence-corrected chi connectivity index (χ1v) is 5.25.